The van der Waals surface area contributed by atoms with Crippen LogP contribution in [0.3, 0.4) is 0 Å². The maximum atomic E-state index is 13.3. The highest BCUT2D eigenvalue weighted by Gasteiger charge is 2.21. The zero-order chi connectivity index (χ0) is 19.3. The van der Waals surface area contributed by atoms with Gasteiger partial charge in [0.25, 0.3) is 0 Å². The van der Waals surface area contributed by atoms with Crippen molar-refractivity contribution in [3.05, 3.63) is 72.2 Å². The van der Waals surface area contributed by atoms with Crippen LogP contribution in [0.25, 0.3) is 16.9 Å². The van der Waals surface area contributed by atoms with E-state index in [1.807, 2.05) is 36.5 Å². The first-order valence-electron chi connectivity index (χ1n) is 9.59. The monoisotopic (exact) mass is 414 g/mol. The van der Waals surface area contributed by atoms with E-state index in [0.29, 0.717) is 6.54 Å². The highest BCUT2D eigenvalue weighted by Crippen LogP contribution is 2.24. The Hall–Kier alpha value is -2.70. The number of amides is 1. The minimum Gasteiger partial charge on any atom is -0.352 e. The second kappa shape index (κ2) is 9.67. The fourth-order valence-corrected chi connectivity index (χ4v) is 3.51. The Balaban J connectivity index is 0.00000240. The molecule has 0 spiro atoms. The molecule has 152 valence electrons. The average molecular weight is 415 g/mol. The van der Waals surface area contributed by atoms with Crippen LogP contribution in [0.1, 0.15) is 18.4 Å². The van der Waals surface area contributed by atoms with Gasteiger partial charge in [-0.1, -0.05) is 18.2 Å². The first kappa shape index (κ1) is 21.0. The summed E-state index contributed by atoms with van der Waals surface area (Å²) in [5, 5.41) is 11.0. The largest absolute Gasteiger partial charge is 0.352 e. The number of piperidine rings is 1. The fraction of sp³-hybridized carbons (Fsp3) is 0.273. The van der Waals surface area contributed by atoms with E-state index in [4.69, 9.17) is 5.10 Å². The smallest absolute Gasteiger partial charge is 0.223 e. The number of para-hydroxylation sites is 1. The van der Waals surface area contributed by atoms with E-state index in [1.165, 1.54) is 12.1 Å². The summed E-state index contributed by atoms with van der Waals surface area (Å²) in [5.74, 6) is -0.147. The molecule has 2 heterocycles. The predicted octanol–water partition coefficient (Wildman–Crippen LogP) is 3.72. The first-order chi connectivity index (χ1) is 13.7. The normalized spacial score (nSPS) is 14.2. The van der Waals surface area contributed by atoms with Crippen LogP contribution in [0, 0.1) is 11.7 Å². The van der Waals surface area contributed by atoms with Gasteiger partial charge in [0.2, 0.25) is 5.91 Å². The van der Waals surface area contributed by atoms with Crippen LogP contribution in [0.2, 0.25) is 0 Å². The van der Waals surface area contributed by atoms with E-state index in [-0.39, 0.29) is 30.0 Å². The lowest BCUT2D eigenvalue weighted by molar-refractivity contribution is -0.125. The van der Waals surface area contributed by atoms with Crippen LogP contribution >= 0.6 is 12.4 Å². The van der Waals surface area contributed by atoms with Gasteiger partial charge >= 0.3 is 0 Å². The van der Waals surface area contributed by atoms with Crippen molar-refractivity contribution in [1.29, 1.82) is 0 Å². The van der Waals surface area contributed by atoms with Crippen molar-refractivity contribution in [2.75, 3.05) is 13.1 Å². The van der Waals surface area contributed by atoms with Gasteiger partial charge in [-0.05, 0) is 62.3 Å². The zero-order valence-corrected chi connectivity index (χ0v) is 16.8. The molecule has 0 radical (unpaired) electrons. The van der Waals surface area contributed by atoms with Gasteiger partial charge in [0.05, 0.1) is 11.4 Å². The molecule has 2 N–H and O–H groups in total. The van der Waals surface area contributed by atoms with Crippen molar-refractivity contribution in [1.82, 2.24) is 20.4 Å². The number of carbonyl (C=O) groups excluding carboxylic acids is 1. The second-order valence-corrected chi connectivity index (χ2v) is 7.03. The third kappa shape index (κ3) is 5.02. The van der Waals surface area contributed by atoms with E-state index >= 15 is 0 Å². The SMILES string of the molecule is Cl.O=C(NCc1cn(-c2ccccc2)nc1-c1ccc(F)cc1)C1CCNCC1. The van der Waals surface area contributed by atoms with Crippen LogP contribution in [0.5, 0.6) is 0 Å². The van der Waals surface area contributed by atoms with Gasteiger partial charge in [-0.3, -0.25) is 4.79 Å². The molecule has 1 fully saturated rings. The van der Waals surface area contributed by atoms with Crippen molar-refractivity contribution < 1.29 is 9.18 Å². The molecule has 7 heteroatoms. The molecule has 5 nitrogen and oxygen atoms in total. The number of nitrogens with zero attached hydrogens (tertiary/aromatic N) is 2. The average Bonchev–Trinajstić information content (AvgIpc) is 3.18. The topological polar surface area (TPSA) is 59.0 Å². The van der Waals surface area contributed by atoms with Gasteiger partial charge in [-0.2, -0.15) is 5.10 Å². The number of hydrogen-bond acceptors (Lipinski definition) is 3. The lowest BCUT2D eigenvalue weighted by Gasteiger charge is -2.21. The Bertz CT molecular complexity index is 937. The van der Waals surface area contributed by atoms with E-state index < -0.39 is 0 Å². The predicted molar refractivity (Wildman–Crippen MR) is 114 cm³/mol. The quantitative estimate of drug-likeness (QED) is 0.669. The summed E-state index contributed by atoms with van der Waals surface area (Å²) in [6.45, 7) is 2.15. The summed E-state index contributed by atoms with van der Waals surface area (Å²) in [6, 6.07) is 16.1. The maximum Gasteiger partial charge on any atom is 0.223 e. The van der Waals surface area contributed by atoms with Crippen LogP contribution in [-0.4, -0.2) is 28.8 Å². The first-order valence-corrected chi connectivity index (χ1v) is 9.59. The minimum absolute atomic E-state index is 0. The highest BCUT2D eigenvalue weighted by atomic mass is 35.5. The summed E-state index contributed by atoms with van der Waals surface area (Å²) >= 11 is 0. The van der Waals surface area contributed by atoms with Gasteiger partial charge in [0.1, 0.15) is 5.82 Å². The number of carbonyl (C=O) groups is 1. The Kier molecular flexibility index (Phi) is 7.01. The van der Waals surface area contributed by atoms with E-state index in [9.17, 15) is 9.18 Å². The summed E-state index contributed by atoms with van der Waals surface area (Å²) in [4.78, 5) is 12.5. The fourth-order valence-electron chi connectivity index (χ4n) is 3.51. The molecule has 1 aliphatic heterocycles. The third-order valence-corrected chi connectivity index (χ3v) is 5.09. The molecule has 0 saturated carbocycles. The molecule has 0 atom stereocenters. The van der Waals surface area contributed by atoms with Crippen LogP contribution in [-0.2, 0) is 11.3 Å². The van der Waals surface area contributed by atoms with Gasteiger partial charge in [-0.25, -0.2) is 9.07 Å². The molecule has 3 aromatic rings. The number of hydrogen-bond donors (Lipinski definition) is 2. The van der Waals surface area contributed by atoms with E-state index in [1.54, 1.807) is 16.8 Å². The maximum absolute atomic E-state index is 13.3. The summed E-state index contributed by atoms with van der Waals surface area (Å²) < 4.78 is 15.1. The van der Waals surface area contributed by atoms with Crippen LogP contribution in [0.15, 0.2) is 60.8 Å². The summed E-state index contributed by atoms with van der Waals surface area (Å²) in [7, 11) is 0. The number of nitrogens with one attached hydrogen (secondary N) is 2. The Morgan fingerprint density at radius 3 is 2.48 bits per heavy atom. The minimum atomic E-state index is -0.285. The van der Waals surface area contributed by atoms with Crippen molar-refractivity contribution in [2.45, 2.75) is 19.4 Å². The standard InChI is InChI=1S/C22H23FN4O.ClH/c23-19-8-6-16(7-9-19)21-18(14-25-22(28)17-10-12-24-13-11-17)15-27(26-21)20-4-2-1-3-5-20;/h1-9,15,17,24H,10-14H2,(H,25,28);1H. The van der Waals surface area contributed by atoms with Crippen molar-refractivity contribution >= 4 is 18.3 Å². The Morgan fingerprint density at radius 2 is 1.79 bits per heavy atom. The Morgan fingerprint density at radius 1 is 1.10 bits per heavy atom. The molecular weight excluding hydrogens is 391 g/mol. The molecule has 2 aromatic carbocycles. The molecule has 1 saturated heterocycles. The molecule has 1 amide bonds. The van der Waals surface area contributed by atoms with Gasteiger partial charge in [-0.15, -0.1) is 12.4 Å². The summed E-state index contributed by atoms with van der Waals surface area (Å²) in [6.07, 6.45) is 3.65. The third-order valence-electron chi connectivity index (χ3n) is 5.09. The molecule has 0 aliphatic carbocycles. The lowest BCUT2D eigenvalue weighted by atomic mass is 9.97. The molecular formula is C22H24ClFN4O. The van der Waals surface area contributed by atoms with Gasteiger partial charge in [0, 0.05) is 29.8 Å². The number of benzene rings is 2. The van der Waals surface area contributed by atoms with Crippen molar-refractivity contribution in [2.24, 2.45) is 5.92 Å². The van der Waals surface area contributed by atoms with Crippen molar-refractivity contribution in [3.63, 3.8) is 0 Å². The highest BCUT2D eigenvalue weighted by molar-refractivity contribution is 5.85. The van der Waals surface area contributed by atoms with Crippen molar-refractivity contribution in [3.8, 4) is 16.9 Å². The number of aromatic nitrogens is 2. The molecule has 4 rings (SSSR count). The molecule has 0 bridgehead atoms. The lowest BCUT2D eigenvalue weighted by Crippen LogP contribution is -2.37. The molecule has 0 unspecified atom stereocenters. The van der Waals surface area contributed by atoms with Gasteiger partial charge in [0.15, 0.2) is 0 Å². The van der Waals surface area contributed by atoms with E-state index in [2.05, 4.69) is 10.6 Å². The number of rotatable bonds is 5. The Labute approximate surface area is 175 Å². The second-order valence-electron chi connectivity index (χ2n) is 7.03. The van der Waals surface area contributed by atoms with Gasteiger partial charge < -0.3 is 10.6 Å². The zero-order valence-electron chi connectivity index (χ0n) is 16.0. The molecule has 29 heavy (non-hydrogen) atoms. The number of halogens is 2. The molecule has 1 aromatic heterocycles. The van der Waals surface area contributed by atoms with E-state index in [0.717, 1.165) is 48.4 Å². The summed E-state index contributed by atoms with van der Waals surface area (Å²) in [5.41, 5.74) is 3.40. The van der Waals surface area contributed by atoms with Crippen LogP contribution in [0.4, 0.5) is 4.39 Å². The molecule has 1 aliphatic rings. The van der Waals surface area contributed by atoms with Crippen LogP contribution < -0.4 is 10.6 Å².